The first-order chi connectivity index (χ1) is 24.6. The smallest absolute Gasteiger partial charge is 0.313 e. The number of unbranched alkanes of at least 4 members (excludes halogenated alkanes) is 3. The molecule has 2 aromatic carbocycles. The van der Waals surface area contributed by atoms with Gasteiger partial charge < -0.3 is 29.7 Å². The molecule has 1 spiro atoms. The quantitative estimate of drug-likeness (QED) is 0.0834. The van der Waals surface area contributed by atoms with Gasteiger partial charge in [-0.05, 0) is 50.3 Å². The van der Waals surface area contributed by atoms with E-state index in [0.717, 1.165) is 12.8 Å². The number of alkyl halides is 1. The summed E-state index contributed by atoms with van der Waals surface area (Å²) < 4.78 is 13.0. The van der Waals surface area contributed by atoms with E-state index in [1.54, 1.807) is 48.2 Å². The Balaban J connectivity index is 1.49. The van der Waals surface area contributed by atoms with Gasteiger partial charge in [-0.15, -0.1) is 13.2 Å². The van der Waals surface area contributed by atoms with Gasteiger partial charge in [0.25, 0.3) is 5.91 Å². The van der Waals surface area contributed by atoms with Crippen LogP contribution in [0.5, 0.6) is 0 Å². The molecule has 3 heterocycles. The Bertz CT molecular complexity index is 1590. The molecule has 51 heavy (non-hydrogen) atoms. The van der Waals surface area contributed by atoms with Crippen molar-refractivity contribution in [3.63, 3.8) is 0 Å². The molecule has 2 aromatic rings. The highest BCUT2D eigenvalue weighted by Crippen LogP contribution is 2.60. The van der Waals surface area contributed by atoms with Crippen LogP contribution < -0.4 is 10.2 Å². The van der Waals surface area contributed by atoms with Gasteiger partial charge in [0.2, 0.25) is 11.8 Å². The average Bonchev–Trinajstić information content (AvgIpc) is 3.71. The number of allylic oxidation sites excluding steroid dienone is 1. The predicted molar refractivity (Wildman–Crippen MR) is 199 cm³/mol. The van der Waals surface area contributed by atoms with Crippen molar-refractivity contribution < 1.29 is 33.8 Å². The van der Waals surface area contributed by atoms with Crippen LogP contribution in [0.2, 0.25) is 5.02 Å². The van der Waals surface area contributed by atoms with Crippen molar-refractivity contribution >= 4 is 56.9 Å². The number of para-hydroxylation sites is 1. The number of aliphatic hydroxyl groups excluding tert-OH is 1. The van der Waals surface area contributed by atoms with Crippen molar-refractivity contribution in [2.24, 2.45) is 11.8 Å². The first-order valence-electron chi connectivity index (χ1n) is 17.6. The number of likely N-dealkylation sites (tertiary alicyclic amines) is 1. The third-order valence-corrected chi connectivity index (χ3v) is 11.3. The summed E-state index contributed by atoms with van der Waals surface area (Å²) in [5, 5.41) is 12.6. The second-order valence-electron chi connectivity index (χ2n) is 13.5. The molecule has 0 radical (unpaired) electrons. The van der Waals surface area contributed by atoms with Crippen LogP contribution >= 0.6 is 27.5 Å². The number of aliphatic hydroxyl groups is 1. The molecule has 2 bridgehead atoms. The van der Waals surface area contributed by atoms with Gasteiger partial charge in [-0.3, -0.25) is 19.2 Å². The summed E-state index contributed by atoms with van der Waals surface area (Å²) in [5.74, 6) is -3.52. The standard InChI is InChI=1S/C39H47BrClN3O7/c1-4-6-20-30(46)42-25(3)33(26-16-10-9-11-17-26)50-38(49)31-32-36(47)44(22-14-7-8-15-23-45)35(39(32)24-27(40)34(31)51-39)37(48)43(21-5-2)29-19-13-12-18-28(29)41/h4-5,9-13,16-19,25,27,31-35,45H,1-2,6-8,14-15,20-24H2,3H3,(H,42,46)/t25-,27?,31-,32+,33-,34-,35-,39+/m1/s1. The highest BCUT2D eigenvalue weighted by molar-refractivity contribution is 9.09. The summed E-state index contributed by atoms with van der Waals surface area (Å²) in [6.45, 7) is 9.82. The van der Waals surface area contributed by atoms with E-state index in [4.69, 9.17) is 21.1 Å². The number of esters is 1. The summed E-state index contributed by atoms with van der Waals surface area (Å²) in [6.07, 6.45) is 5.53. The van der Waals surface area contributed by atoms with E-state index in [0.29, 0.717) is 42.0 Å². The zero-order valence-corrected chi connectivity index (χ0v) is 31.3. The maximum atomic E-state index is 14.9. The van der Waals surface area contributed by atoms with E-state index in [-0.39, 0.29) is 48.7 Å². The van der Waals surface area contributed by atoms with Crippen LogP contribution in [0.25, 0.3) is 0 Å². The van der Waals surface area contributed by atoms with E-state index in [2.05, 4.69) is 34.4 Å². The van der Waals surface area contributed by atoms with Gasteiger partial charge in [0, 0.05) is 30.9 Å². The molecule has 5 rings (SSSR count). The summed E-state index contributed by atoms with van der Waals surface area (Å²) in [4.78, 5) is 59.4. The molecule has 274 valence electrons. The van der Waals surface area contributed by atoms with Crippen molar-refractivity contribution in [3.05, 3.63) is 90.5 Å². The zero-order valence-electron chi connectivity index (χ0n) is 28.9. The lowest BCUT2D eigenvalue weighted by molar-refractivity contribution is -0.162. The number of nitrogens with one attached hydrogen (secondary N) is 1. The SMILES string of the molecule is C=CCCC(=O)N[C@H](C)[C@@H](OC(=O)[C@H]1[C@@H]2O[C@@]3(CC2Br)[C@@H]1C(=O)N(CCCCCCO)[C@@H]3C(=O)N(CC=C)c1ccccc1Cl)c1ccccc1. The molecule has 2 N–H and O–H groups in total. The summed E-state index contributed by atoms with van der Waals surface area (Å²) in [7, 11) is 0. The number of amides is 3. The lowest BCUT2D eigenvalue weighted by Gasteiger charge is -2.37. The number of carbonyl (C=O) groups is 4. The lowest BCUT2D eigenvalue weighted by Crippen LogP contribution is -2.57. The number of benzene rings is 2. The highest BCUT2D eigenvalue weighted by atomic mass is 79.9. The second kappa shape index (κ2) is 17.3. The van der Waals surface area contributed by atoms with Gasteiger partial charge >= 0.3 is 5.97 Å². The summed E-state index contributed by atoms with van der Waals surface area (Å²) >= 11 is 10.3. The van der Waals surface area contributed by atoms with Crippen molar-refractivity contribution in [1.82, 2.24) is 10.2 Å². The Morgan fingerprint density at radius 1 is 1.12 bits per heavy atom. The number of halogens is 2. The molecule has 3 fully saturated rings. The fourth-order valence-corrected chi connectivity index (χ4v) is 9.04. The van der Waals surface area contributed by atoms with E-state index in [1.807, 2.05) is 30.3 Å². The van der Waals surface area contributed by atoms with Crippen LogP contribution in [0, 0.1) is 11.8 Å². The van der Waals surface area contributed by atoms with Crippen molar-refractivity contribution in [1.29, 1.82) is 0 Å². The molecule has 0 saturated carbocycles. The maximum Gasteiger partial charge on any atom is 0.313 e. The van der Waals surface area contributed by atoms with Gasteiger partial charge in [0.05, 0.1) is 34.7 Å². The van der Waals surface area contributed by atoms with Crippen LogP contribution in [0.4, 0.5) is 5.69 Å². The van der Waals surface area contributed by atoms with Crippen molar-refractivity contribution in [2.75, 3.05) is 24.6 Å². The minimum Gasteiger partial charge on any atom is -0.455 e. The fraction of sp³-hybridized carbons (Fsp3) is 0.487. The number of hydrogen-bond donors (Lipinski definition) is 2. The van der Waals surface area contributed by atoms with Gasteiger partial charge in [-0.2, -0.15) is 0 Å². The number of anilines is 1. The Hall–Kier alpha value is -3.51. The molecular weight excluding hydrogens is 738 g/mol. The molecular formula is C39H47BrClN3O7. The predicted octanol–water partition coefficient (Wildman–Crippen LogP) is 5.92. The molecule has 3 aliphatic rings. The van der Waals surface area contributed by atoms with E-state index >= 15 is 0 Å². The van der Waals surface area contributed by atoms with Crippen molar-refractivity contribution in [3.8, 4) is 0 Å². The molecule has 0 aromatic heterocycles. The monoisotopic (exact) mass is 783 g/mol. The Labute approximate surface area is 313 Å². The van der Waals surface area contributed by atoms with Crippen LogP contribution in [0.15, 0.2) is 79.9 Å². The van der Waals surface area contributed by atoms with E-state index in [9.17, 15) is 24.3 Å². The van der Waals surface area contributed by atoms with Crippen molar-refractivity contribution in [2.45, 2.75) is 86.6 Å². The zero-order chi connectivity index (χ0) is 36.7. The third-order valence-electron chi connectivity index (χ3n) is 10.1. The van der Waals surface area contributed by atoms with Crippen LogP contribution in [-0.4, -0.2) is 82.0 Å². The number of nitrogens with zero attached hydrogens (tertiary/aromatic N) is 2. The van der Waals surface area contributed by atoms with Gasteiger partial charge in [0.1, 0.15) is 17.7 Å². The first kappa shape index (κ1) is 38.7. The van der Waals surface area contributed by atoms with Crippen LogP contribution in [-0.2, 0) is 28.7 Å². The molecule has 3 aliphatic heterocycles. The summed E-state index contributed by atoms with van der Waals surface area (Å²) in [5.41, 5.74) is -0.144. The summed E-state index contributed by atoms with van der Waals surface area (Å²) in [6, 6.07) is 14.5. The molecule has 8 atom stereocenters. The number of carbonyl (C=O) groups excluding carboxylic acids is 4. The lowest BCUT2D eigenvalue weighted by atomic mass is 9.70. The van der Waals surface area contributed by atoms with Gasteiger partial charge in [-0.1, -0.05) is 95.0 Å². The molecule has 1 unspecified atom stereocenters. The highest BCUT2D eigenvalue weighted by Gasteiger charge is 2.77. The Morgan fingerprint density at radius 2 is 1.82 bits per heavy atom. The minimum absolute atomic E-state index is 0.0794. The first-order valence-corrected chi connectivity index (χ1v) is 18.9. The second-order valence-corrected chi connectivity index (χ2v) is 15.1. The molecule has 3 amide bonds. The molecule has 12 heteroatoms. The normalized spacial score (nSPS) is 25.9. The number of ether oxygens (including phenoxy) is 2. The van der Waals surface area contributed by atoms with Crippen LogP contribution in [0.3, 0.4) is 0 Å². The number of fused-ring (bicyclic) bond motifs is 1. The van der Waals surface area contributed by atoms with Gasteiger partial charge in [-0.25, -0.2) is 0 Å². The number of rotatable bonds is 18. The minimum atomic E-state index is -1.31. The maximum absolute atomic E-state index is 14.9. The third kappa shape index (κ3) is 7.96. The Morgan fingerprint density at radius 3 is 2.51 bits per heavy atom. The fourth-order valence-electron chi connectivity index (χ4n) is 7.86. The topological polar surface area (TPSA) is 125 Å². The molecule has 0 aliphatic carbocycles. The Kier molecular flexibility index (Phi) is 13.2. The largest absolute Gasteiger partial charge is 0.455 e. The van der Waals surface area contributed by atoms with E-state index < -0.39 is 47.7 Å². The van der Waals surface area contributed by atoms with Crippen LogP contribution in [0.1, 0.15) is 63.5 Å². The molecule has 10 nitrogen and oxygen atoms in total. The average molecular weight is 785 g/mol. The number of hydrogen-bond acceptors (Lipinski definition) is 7. The van der Waals surface area contributed by atoms with Gasteiger partial charge in [0.15, 0.2) is 0 Å². The molecule has 3 saturated heterocycles. The van der Waals surface area contributed by atoms with E-state index in [1.165, 1.54) is 4.90 Å².